The maximum Gasteiger partial charge on any atom is 0.0638 e. The summed E-state index contributed by atoms with van der Waals surface area (Å²) >= 11 is 3.38. The smallest absolute Gasteiger partial charge is 0.0638 e. The topological polar surface area (TPSA) is 36.0 Å². The van der Waals surface area contributed by atoms with Crippen LogP contribution in [-0.2, 0) is 0 Å². The summed E-state index contributed by atoms with van der Waals surface area (Å²) < 4.78 is 0.912. The molecule has 0 N–H and O–H groups in total. The number of nitrogens with zero attached hydrogens (tertiary/aromatic N) is 1. The number of halogens is 1. The molecule has 0 fully saturated rings. The number of hydrogen-bond donors (Lipinski definition) is 0. The highest BCUT2D eigenvalue weighted by Crippen LogP contribution is 2.27. The third-order valence-corrected chi connectivity index (χ3v) is 2.60. The third kappa shape index (κ3) is 1.40. The van der Waals surface area contributed by atoms with E-state index in [1.165, 1.54) is 6.07 Å². The molecular weight excluding hydrogens is 230 g/mol. The van der Waals surface area contributed by atoms with Gasteiger partial charge in [-0.3, -0.25) is 4.98 Å². The van der Waals surface area contributed by atoms with Crippen molar-refractivity contribution >= 4 is 26.8 Å². The molecule has 0 atom stereocenters. The lowest BCUT2D eigenvalue weighted by atomic mass is 10.2. The average Bonchev–Trinajstić information content (AvgIpc) is 2.12. The minimum atomic E-state index is -0.0260. The van der Waals surface area contributed by atoms with Crippen LogP contribution in [0.25, 0.3) is 10.9 Å². The predicted octanol–water partition coefficient (Wildman–Crippen LogP) is 2.38. The van der Waals surface area contributed by atoms with Gasteiger partial charge in [0.25, 0.3) is 0 Å². The Labute approximate surface area is 84.4 Å². The molecule has 0 unspecified atom stereocenters. The molecule has 0 spiro atoms. The summed E-state index contributed by atoms with van der Waals surface area (Å²) in [4.78, 5) is 4.19. The van der Waals surface area contributed by atoms with Gasteiger partial charge in [0.15, 0.2) is 0 Å². The summed E-state index contributed by atoms with van der Waals surface area (Å²) in [6.07, 6.45) is 0. The van der Waals surface area contributed by atoms with Crippen LogP contribution in [0.4, 0.5) is 0 Å². The van der Waals surface area contributed by atoms with Crippen LogP contribution in [0.2, 0.25) is 0 Å². The Bertz CT molecular complexity index is 468. The van der Waals surface area contributed by atoms with Crippen LogP contribution in [0, 0.1) is 6.92 Å². The molecule has 0 amide bonds. The van der Waals surface area contributed by atoms with Crippen molar-refractivity contribution < 1.29 is 5.11 Å². The normalized spacial score (nSPS) is 10.6. The molecule has 1 aromatic carbocycles. The van der Waals surface area contributed by atoms with Crippen molar-refractivity contribution in [3.63, 3.8) is 0 Å². The van der Waals surface area contributed by atoms with Gasteiger partial charge in [0, 0.05) is 15.6 Å². The molecule has 2 rings (SSSR count). The first kappa shape index (κ1) is 8.51. The molecule has 0 bridgehead atoms. The number of benzene rings is 1. The Morgan fingerprint density at radius 3 is 2.77 bits per heavy atom. The summed E-state index contributed by atoms with van der Waals surface area (Å²) in [5, 5.41) is 12.3. The van der Waals surface area contributed by atoms with E-state index in [-0.39, 0.29) is 5.75 Å². The fourth-order valence-electron chi connectivity index (χ4n) is 1.25. The van der Waals surface area contributed by atoms with Gasteiger partial charge >= 0.3 is 0 Å². The van der Waals surface area contributed by atoms with E-state index in [2.05, 4.69) is 20.9 Å². The number of fused-ring (bicyclic) bond motifs is 1. The Morgan fingerprint density at radius 2 is 2.00 bits per heavy atom. The van der Waals surface area contributed by atoms with Crippen molar-refractivity contribution in [3.05, 3.63) is 34.4 Å². The second-order valence-electron chi connectivity index (χ2n) is 2.89. The minimum absolute atomic E-state index is 0.0260. The SMILES string of the molecule is Cc1ccc2c(Br)ccc([O-])c2n1. The summed E-state index contributed by atoms with van der Waals surface area (Å²) in [5.41, 5.74) is 1.40. The quantitative estimate of drug-likeness (QED) is 0.705. The van der Waals surface area contributed by atoms with Crippen LogP contribution in [0.5, 0.6) is 5.75 Å². The molecule has 0 saturated carbocycles. The molecule has 0 saturated heterocycles. The molecule has 0 aliphatic carbocycles. The van der Waals surface area contributed by atoms with Gasteiger partial charge in [-0.2, -0.15) is 0 Å². The highest BCUT2D eigenvalue weighted by Gasteiger charge is 1.99. The van der Waals surface area contributed by atoms with Crippen LogP contribution in [0.3, 0.4) is 0 Å². The summed E-state index contributed by atoms with van der Waals surface area (Å²) in [6.45, 7) is 1.87. The molecule has 13 heavy (non-hydrogen) atoms. The number of rotatable bonds is 0. The van der Waals surface area contributed by atoms with Gasteiger partial charge < -0.3 is 5.11 Å². The fourth-order valence-corrected chi connectivity index (χ4v) is 1.71. The van der Waals surface area contributed by atoms with Crippen molar-refractivity contribution in [2.75, 3.05) is 0 Å². The molecular formula is C10H7BrNO-. The zero-order chi connectivity index (χ0) is 9.42. The van der Waals surface area contributed by atoms with Crippen molar-refractivity contribution in [1.29, 1.82) is 0 Å². The first-order valence-corrected chi connectivity index (χ1v) is 4.70. The van der Waals surface area contributed by atoms with Crippen molar-refractivity contribution in [2.45, 2.75) is 6.92 Å². The largest absolute Gasteiger partial charge is 0.871 e. The molecule has 0 aliphatic heterocycles. The maximum absolute atomic E-state index is 11.4. The molecule has 66 valence electrons. The molecule has 3 heteroatoms. The van der Waals surface area contributed by atoms with Gasteiger partial charge in [0.2, 0.25) is 0 Å². The minimum Gasteiger partial charge on any atom is -0.871 e. The van der Waals surface area contributed by atoms with E-state index >= 15 is 0 Å². The number of hydrogen-bond acceptors (Lipinski definition) is 2. The lowest BCUT2D eigenvalue weighted by molar-refractivity contribution is -0.266. The van der Waals surface area contributed by atoms with E-state index in [1.54, 1.807) is 6.07 Å². The molecule has 1 aromatic heterocycles. The Balaban J connectivity index is 2.92. The van der Waals surface area contributed by atoms with Gasteiger partial charge in [0.1, 0.15) is 0 Å². The standard InChI is InChI=1S/C10H8BrNO/c1-6-2-3-7-8(11)4-5-9(13)10(7)12-6/h2-5,13H,1H3/p-1. The van der Waals surface area contributed by atoms with Gasteiger partial charge in [0.05, 0.1) is 5.52 Å². The second-order valence-corrected chi connectivity index (χ2v) is 3.75. The Morgan fingerprint density at radius 1 is 1.23 bits per heavy atom. The van der Waals surface area contributed by atoms with Gasteiger partial charge in [-0.15, -0.1) is 0 Å². The van der Waals surface area contributed by atoms with Crippen molar-refractivity contribution in [1.82, 2.24) is 4.98 Å². The van der Waals surface area contributed by atoms with Crippen LogP contribution in [0.15, 0.2) is 28.7 Å². The Kier molecular flexibility index (Phi) is 1.96. The van der Waals surface area contributed by atoms with Crippen LogP contribution in [0.1, 0.15) is 5.69 Å². The van der Waals surface area contributed by atoms with Gasteiger partial charge in [-0.25, -0.2) is 0 Å². The van der Waals surface area contributed by atoms with E-state index in [1.807, 2.05) is 19.1 Å². The molecule has 1 heterocycles. The molecule has 2 aromatic rings. The fraction of sp³-hybridized carbons (Fsp3) is 0.100. The Hall–Kier alpha value is -1.09. The van der Waals surface area contributed by atoms with Gasteiger partial charge in [-0.05, 0) is 25.1 Å². The van der Waals surface area contributed by atoms with Crippen molar-refractivity contribution in [2.24, 2.45) is 0 Å². The van der Waals surface area contributed by atoms with E-state index < -0.39 is 0 Å². The lowest BCUT2D eigenvalue weighted by Crippen LogP contribution is -1.94. The highest BCUT2D eigenvalue weighted by atomic mass is 79.9. The van der Waals surface area contributed by atoms with Crippen LogP contribution < -0.4 is 5.11 Å². The monoisotopic (exact) mass is 236 g/mol. The molecule has 0 aliphatic rings. The van der Waals surface area contributed by atoms with Crippen molar-refractivity contribution in [3.8, 4) is 5.75 Å². The molecule has 2 nitrogen and oxygen atoms in total. The second kappa shape index (κ2) is 3.00. The average molecular weight is 237 g/mol. The summed E-state index contributed by atoms with van der Waals surface area (Å²) in [7, 11) is 0. The number of pyridine rings is 1. The summed E-state index contributed by atoms with van der Waals surface area (Å²) in [6, 6.07) is 7.08. The maximum atomic E-state index is 11.4. The van der Waals surface area contributed by atoms with E-state index in [0.717, 1.165) is 15.6 Å². The third-order valence-electron chi connectivity index (χ3n) is 1.91. The summed E-state index contributed by atoms with van der Waals surface area (Å²) in [5.74, 6) is -0.0260. The number of aromatic nitrogens is 1. The molecule has 0 radical (unpaired) electrons. The zero-order valence-electron chi connectivity index (χ0n) is 7.04. The van der Waals surface area contributed by atoms with E-state index in [4.69, 9.17) is 0 Å². The zero-order valence-corrected chi connectivity index (χ0v) is 8.63. The van der Waals surface area contributed by atoms with Crippen LogP contribution >= 0.6 is 15.9 Å². The first-order valence-electron chi connectivity index (χ1n) is 3.91. The van der Waals surface area contributed by atoms with E-state index in [9.17, 15) is 5.11 Å². The first-order chi connectivity index (χ1) is 6.18. The number of aryl methyl sites for hydroxylation is 1. The van der Waals surface area contributed by atoms with Crippen LogP contribution in [-0.4, -0.2) is 4.98 Å². The van der Waals surface area contributed by atoms with E-state index in [0.29, 0.717) is 5.52 Å². The predicted molar refractivity (Wildman–Crippen MR) is 53.6 cm³/mol. The lowest BCUT2D eigenvalue weighted by Gasteiger charge is -2.10. The van der Waals surface area contributed by atoms with Gasteiger partial charge in [-0.1, -0.05) is 27.7 Å². The highest BCUT2D eigenvalue weighted by molar-refractivity contribution is 9.10.